The first-order valence-electron chi connectivity index (χ1n) is 6.28. The molecule has 17 heavy (non-hydrogen) atoms. The molecule has 1 aliphatic carbocycles. The molecule has 0 amide bonds. The molecule has 0 spiro atoms. The average molecular weight is 228 g/mol. The maximum atomic E-state index is 8.83. The molecule has 2 atom stereocenters. The van der Waals surface area contributed by atoms with Gasteiger partial charge in [-0.15, -0.1) is 0 Å². The van der Waals surface area contributed by atoms with E-state index < -0.39 is 0 Å². The largest absolute Gasteiger partial charge is 0.302 e. The Morgan fingerprint density at radius 3 is 2.71 bits per heavy atom. The van der Waals surface area contributed by atoms with Crippen molar-refractivity contribution in [3.63, 3.8) is 0 Å². The maximum absolute atomic E-state index is 8.83. The van der Waals surface area contributed by atoms with Crippen LogP contribution in [0.2, 0.25) is 0 Å². The third kappa shape index (κ3) is 3.08. The van der Waals surface area contributed by atoms with E-state index in [1.165, 1.54) is 24.1 Å². The molecular formula is C15H20N2. The van der Waals surface area contributed by atoms with Gasteiger partial charge in [-0.25, -0.2) is 0 Å². The van der Waals surface area contributed by atoms with Crippen molar-refractivity contribution in [3.8, 4) is 6.07 Å². The minimum absolute atomic E-state index is 0.754. The van der Waals surface area contributed by atoms with Crippen LogP contribution >= 0.6 is 0 Å². The number of aryl methyl sites for hydroxylation is 1. The molecule has 1 aromatic carbocycles. The Morgan fingerprint density at radius 2 is 2.18 bits per heavy atom. The van der Waals surface area contributed by atoms with E-state index in [0.717, 1.165) is 23.9 Å². The van der Waals surface area contributed by atoms with Crippen molar-refractivity contribution < 1.29 is 0 Å². The summed E-state index contributed by atoms with van der Waals surface area (Å²) in [5.74, 6) is 1.82. The zero-order valence-electron chi connectivity index (χ0n) is 10.9. The van der Waals surface area contributed by atoms with Gasteiger partial charge in [-0.1, -0.05) is 13.0 Å². The Bertz CT molecular complexity index is 445. The Labute approximate surface area is 104 Å². The van der Waals surface area contributed by atoms with Crippen LogP contribution in [-0.2, 0) is 6.54 Å². The van der Waals surface area contributed by atoms with Gasteiger partial charge in [-0.2, -0.15) is 5.26 Å². The first-order chi connectivity index (χ1) is 8.10. The van der Waals surface area contributed by atoms with Gasteiger partial charge in [-0.3, -0.25) is 0 Å². The van der Waals surface area contributed by atoms with Gasteiger partial charge >= 0.3 is 0 Å². The Balaban J connectivity index is 1.96. The first kappa shape index (κ1) is 12.1. The number of hydrogen-bond donors (Lipinski definition) is 0. The minimum Gasteiger partial charge on any atom is -0.302 e. The second kappa shape index (κ2) is 4.89. The van der Waals surface area contributed by atoms with Crippen molar-refractivity contribution in [1.82, 2.24) is 4.90 Å². The van der Waals surface area contributed by atoms with Gasteiger partial charge in [0.25, 0.3) is 0 Å². The topological polar surface area (TPSA) is 27.0 Å². The average Bonchev–Trinajstić information content (AvgIpc) is 2.97. The number of nitrogens with zero attached hydrogens (tertiary/aromatic N) is 2. The van der Waals surface area contributed by atoms with E-state index in [9.17, 15) is 0 Å². The summed E-state index contributed by atoms with van der Waals surface area (Å²) >= 11 is 0. The van der Waals surface area contributed by atoms with E-state index in [1.54, 1.807) is 0 Å². The smallest absolute Gasteiger partial charge is 0.0991 e. The van der Waals surface area contributed by atoms with E-state index in [-0.39, 0.29) is 0 Å². The van der Waals surface area contributed by atoms with Crippen LogP contribution in [0.5, 0.6) is 0 Å². The summed E-state index contributed by atoms with van der Waals surface area (Å²) in [5.41, 5.74) is 3.31. The number of rotatable bonds is 4. The summed E-state index contributed by atoms with van der Waals surface area (Å²) in [7, 11) is 2.18. The highest BCUT2D eigenvalue weighted by molar-refractivity contribution is 5.37. The van der Waals surface area contributed by atoms with Crippen LogP contribution in [0.3, 0.4) is 0 Å². The maximum Gasteiger partial charge on any atom is 0.0991 e. The Hall–Kier alpha value is -1.33. The zero-order valence-corrected chi connectivity index (χ0v) is 10.9. The fourth-order valence-electron chi connectivity index (χ4n) is 2.35. The molecule has 0 heterocycles. The molecule has 1 aromatic rings. The van der Waals surface area contributed by atoms with Crippen LogP contribution in [0.1, 0.15) is 30.0 Å². The molecule has 0 radical (unpaired) electrons. The third-order valence-corrected chi connectivity index (χ3v) is 3.73. The highest BCUT2D eigenvalue weighted by atomic mass is 15.1. The van der Waals surface area contributed by atoms with Gasteiger partial charge in [0.1, 0.15) is 0 Å². The van der Waals surface area contributed by atoms with Crippen LogP contribution in [0.15, 0.2) is 18.2 Å². The van der Waals surface area contributed by atoms with E-state index >= 15 is 0 Å². The van der Waals surface area contributed by atoms with Crippen molar-refractivity contribution in [1.29, 1.82) is 5.26 Å². The SMILES string of the molecule is Cc1cc(C#N)ccc1CN(C)CC1CC1C. The molecule has 90 valence electrons. The first-order valence-corrected chi connectivity index (χ1v) is 6.28. The Kier molecular flexibility index (Phi) is 3.49. The van der Waals surface area contributed by atoms with Crippen LogP contribution in [0, 0.1) is 30.1 Å². The van der Waals surface area contributed by atoms with Crippen molar-refractivity contribution in [3.05, 3.63) is 34.9 Å². The van der Waals surface area contributed by atoms with E-state index in [0.29, 0.717) is 0 Å². The summed E-state index contributed by atoms with van der Waals surface area (Å²) in [5, 5.41) is 8.83. The number of hydrogen-bond acceptors (Lipinski definition) is 2. The lowest BCUT2D eigenvalue weighted by molar-refractivity contribution is 0.307. The lowest BCUT2D eigenvalue weighted by atomic mass is 10.1. The lowest BCUT2D eigenvalue weighted by Crippen LogP contribution is -2.21. The molecule has 1 fully saturated rings. The summed E-state index contributed by atoms with van der Waals surface area (Å²) in [6.07, 6.45) is 1.39. The summed E-state index contributed by atoms with van der Waals surface area (Å²) < 4.78 is 0. The number of nitriles is 1. The molecule has 0 aromatic heterocycles. The van der Waals surface area contributed by atoms with Crippen LogP contribution in [0.25, 0.3) is 0 Å². The predicted octanol–water partition coefficient (Wildman–Crippen LogP) is 2.95. The molecule has 0 N–H and O–H groups in total. The van der Waals surface area contributed by atoms with Crippen molar-refractivity contribution in [2.45, 2.75) is 26.8 Å². The van der Waals surface area contributed by atoms with Crippen molar-refractivity contribution in [2.75, 3.05) is 13.6 Å². The van der Waals surface area contributed by atoms with E-state index in [1.807, 2.05) is 12.1 Å². The van der Waals surface area contributed by atoms with Crippen LogP contribution < -0.4 is 0 Å². The summed E-state index contributed by atoms with van der Waals surface area (Å²) in [6, 6.07) is 8.15. The quantitative estimate of drug-likeness (QED) is 0.792. The molecule has 2 rings (SSSR count). The van der Waals surface area contributed by atoms with Gasteiger partial charge in [0.2, 0.25) is 0 Å². The van der Waals surface area contributed by atoms with Gasteiger partial charge in [0.05, 0.1) is 11.6 Å². The lowest BCUT2D eigenvalue weighted by Gasteiger charge is -2.18. The molecule has 1 aliphatic rings. The highest BCUT2D eigenvalue weighted by Crippen LogP contribution is 2.38. The highest BCUT2D eigenvalue weighted by Gasteiger charge is 2.32. The van der Waals surface area contributed by atoms with E-state index in [4.69, 9.17) is 5.26 Å². The molecular weight excluding hydrogens is 208 g/mol. The zero-order chi connectivity index (χ0) is 12.4. The van der Waals surface area contributed by atoms with Gasteiger partial charge in [0.15, 0.2) is 0 Å². The fourth-order valence-corrected chi connectivity index (χ4v) is 2.35. The molecule has 0 aliphatic heterocycles. The molecule has 0 saturated heterocycles. The van der Waals surface area contributed by atoms with Gasteiger partial charge in [0, 0.05) is 13.1 Å². The van der Waals surface area contributed by atoms with Gasteiger partial charge in [-0.05, 0) is 55.5 Å². The standard InChI is InChI=1S/C15H20N2/c1-11-6-13(8-16)4-5-14(11)9-17(3)10-15-7-12(15)2/h4-6,12,15H,7,9-10H2,1-3H3. The molecule has 2 heteroatoms. The Morgan fingerprint density at radius 1 is 1.47 bits per heavy atom. The fraction of sp³-hybridized carbons (Fsp3) is 0.533. The second-order valence-electron chi connectivity index (χ2n) is 5.42. The molecule has 1 saturated carbocycles. The van der Waals surface area contributed by atoms with Gasteiger partial charge < -0.3 is 4.90 Å². The van der Waals surface area contributed by atoms with Crippen LogP contribution in [0.4, 0.5) is 0 Å². The molecule has 0 bridgehead atoms. The second-order valence-corrected chi connectivity index (χ2v) is 5.42. The molecule has 2 unspecified atom stereocenters. The normalized spacial score (nSPS) is 22.5. The monoisotopic (exact) mass is 228 g/mol. The summed E-state index contributed by atoms with van der Waals surface area (Å²) in [4.78, 5) is 2.39. The van der Waals surface area contributed by atoms with E-state index in [2.05, 4.69) is 37.9 Å². The van der Waals surface area contributed by atoms with Crippen molar-refractivity contribution in [2.24, 2.45) is 11.8 Å². The molecule has 2 nitrogen and oxygen atoms in total. The van der Waals surface area contributed by atoms with Crippen LogP contribution in [-0.4, -0.2) is 18.5 Å². The minimum atomic E-state index is 0.754. The predicted molar refractivity (Wildman–Crippen MR) is 69.5 cm³/mol. The third-order valence-electron chi connectivity index (χ3n) is 3.73. The summed E-state index contributed by atoms with van der Waals surface area (Å²) in [6.45, 7) is 6.59. The van der Waals surface area contributed by atoms with Crippen molar-refractivity contribution >= 4 is 0 Å². The number of benzene rings is 1.